The van der Waals surface area contributed by atoms with Crippen LogP contribution >= 0.6 is 11.3 Å². The van der Waals surface area contributed by atoms with Crippen LogP contribution in [0.4, 0.5) is 5.13 Å². The third-order valence-electron chi connectivity index (χ3n) is 4.39. The number of aryl methyl sites for hydroxylation is 2. The molecule has 1 amide bonds. The van der Waals surface area contributed by atoms with E-state index in [1.165, 1.54) is 22.5 Å². The Balaban J connectivity index is 1.69. The van der Waals surface area contributed by atoms with Gasteiger partial charge in [0.2, 0.25) is 0 Å². The summed E-state index contributed by atoms with van der Waals surface area (Å²) < 4.78 is 5.68. The summed E-state index contributed by atoms with van der Waals surface area (Å²) in [6.45, 7) is 6.95. The number of carbonyl (C=O) groups excluding carboxylic acids is 1. The Morgan fingerprint density at radius 3 is 2.78 bits per heavy atom. The minimum atomic E-state index is -0.183. The third-order valence-corrected chi connectivity index (χ3v) is 5.15. The fraction of sp³-hybridized carbons (Fsp3) is 0.273. The number of amides is 1. The highest BCUT2D eigenvalue weighted by molar-refractivity contribution is 7.14. The number of hydrogen-bond donors (Lipinski definition) is 1. The summed E-state index contributed by atoms with van der Waals surface area (Å²) in [5, 5.41) is 5.43. The monoisotopic (exact) mass is 380 g/mol. The molecule has 140 valence electrons. The Morgan fingerprint density at radius 2 is 2.00 bits per heavy atom. The second kappa shape index (κ2) is 8.82. The number of nitrogens with zero attached hydrogens (tertiary/aromatic N) is 1. The normalized spacial score (nSPS) is 10.6. The van der Waals surface area contributed by atoms with Crippen LogP contribution in [0.2, 0.25) is 0 Å². The number of nitrogens with one attached hydrogen (secondary N) is 1. The molecular formula is C22H24N2O2S. The molecule has 0 aliphatic carbocycles. The molecule has 0 saturated carbocycles. The van der Waals surface area contributed by atoms with E-state index in [4.69, 9.17) is 4.74 Å². The maximum atomic E-state index is 12.5. The van der Waals surface area contributed by atoms with Gasteiger partial charge in [0.25, 0.3) is 5.91 Å². The average molecular weight is 381 g/mol. The molecule has 0 radical (unpaired) electrons. The minimum Gasteiger partial charge on any atom is -0.494 e. The van der Waals surface area contributed by atoms with Crippen molar-refractivity contribution < 1.29 is 9.53 Å². The number of benzene rings is 2. The summed E-state index contributed by atoms with van der Waals surface area (Å²) in [4.78, 5) is 17.1. The van der Waals surface area contributed by atoms with E-state index in [9.17, 15) is 4.79 Å². The molecule has 0 bridgehead atoms. The molecule has 5 heteroatoms. The van der Waals surface area contributed by atoms with Gasteiger partial charge in [-0.25, -0.2) is 4.98 Å². The molecule has 0 unspecified atom stereocenters. The molecule has 2 aromatic carbocycles. The lowest BCUT2D eigenvalue weighted by Crippen LogP contribution is -2.11. The molecule has 1 N–H and O–H groups in total. The Hall–Kier alpha value is -2.66. The number of rotatable bonds is 7. The molecule has 0 fully saturated rings. The summed E-state index contributed by atoms with van der Waals surface area (Å²) in [5.74, 6) is 0.531. The zero-order valence-corrected chi connectivity index (χ0v) is 16.7. The molecule has 0 atom stereocenters. The smallest absolute Gasteiger partial charge is 0.257 e. The van der Waals surface area contributed by atoms with Gasteiger partial charge in [0.1, 0.15) is 5.75 Å². The van der Waals surface area contributed by atoms with Crippen molar-refractivity contribution in [3.05, 3.63) is 64.5 Å². The molecule has 3 aromatic rings. The first-order valence-electron chi connectivity index (χ1n) is 9.14. The third kappa shape index (κ3) is 4.95. The van der Waals surface area contributed by atoms with Crippen molar-refractivity contribution in [3.63, 3.8) is 0 Å². The van der Waals surface area contributed by atoms with E-state index in [-0.39, 0.29) is 5.91 Å². The molecule has 3 rings (SSSR count). The lowest BCUT2D eigenvalue weighted by atomic mass is 10.1. The number of anilines is 1. The Morgan fingerprint density at radius 1 is 1.15 bits per heavy atom. The van der Waals surface area contributed by atoms with E-state index in [0.29, 0.717) is 23.1 Å². The van der Waals surface area contributed by atoms with Gasteiger partial charge >= 0.3 is 0 Å². The van der Waals surface area contributed by atoms with Crippen molar-refractivity contribution in [2.24, 2.45) is 0 Å². The number of unbranched alkanes of at least 4 members (excludes halogenated alkanes) is 1. The zero-order valence-electron chi connectivity index (χ0n) is 15.9. The van der Waals surface area contributed by atoms with Crippen molar-refractivity contribution in [2.75, 3.05) is 11.9 Å². The number of thiazole rings is 1. The first-order valence-corrected chi connectivity index (χ1v) is 10.0. The van der Waals surface area contributed by atoms with E-state index in [1.54, 1.807) is 12.1 Å². The molecule has 1 aromatic heterocycles. The van der Waals surface area contributed by atoms with Crippen molar-refractivity contribution in [2.45, 2.75) is 33.6 Å². The summed E-state index contributed by atoms with van der Waals surface area (Å²) in [6.07, 6.45) is 2.07. The van der Waals surface area contributed by atoms with Crippen molar-refractivity contribution >= 4 is 22.4 Å². The number of carbonyl (C=O) groups is 1. The molecule has 27 heavy (non-hydrogen) atoms. The molecule has 0 aliphatic heterocycles. The second-order valence-corrected chi connectivity index (χ2v) is 7.38. The van der Waals surface area contributed by atoms with Crippen molar-refractivity contribution in [1.82, 2.24) is 4.98 Å². The molecular weight excluding hydrogens is 356 g/mol. The van der Waals surface area contributed by atoms with E-state index in [2.05, 4.69) is 49.3 Å². The summed E-state index contributed by atoms with van der Waals surface area (Å²) in [7, 11) is 0. The summed E-state index contributed by atoms with van der Waals surface area (Å²) in [5.41, 5.74) is 4.97. The number of aromatic nitrogens is 1. The lowest BCUT2D eigenvalue weighted by Gasteiger charge is -2.07. The quantitative estimate of drug-likeness (QED) is 0.522. The zero-order chi connectivity index (χ0) is 19.2. The van der Waals surface area contributed by atoms with Crippen LogP contribution in [0.5, 0.6) is 5.75 Å². The average Bonchev–Trinajstić information content (AvgIpc) is 3.13. The van der Waals surface area contributed by atoms with E-state index in [0.717, 1.165) is 24.1 Å². The molecule has 1 heterocycles. The van der Waals surface area contributed by atoms with Crippen LogP contribution in [0.1, 0.15) is 41.3 Å². The fourth-order valence-electron chi connectivity index (χ4n) is 2.60. The van der Waals surface area contributed by atoms with E-state index in [1.807, 2.05) is 17.5 Å². The Labute approximate surface area is 164 Å². The molecule has 0 saturated heterocycles. The van der Waals surface area contributed by atoms with Gasteiger partial charge in [0, 0.05) is 16.5 Å². The van der Waals surface area contributed by atoms with Gasteiger partial charge in [-0.3, -0.25) is 10.1 Å². The Bertz CT molecular complexity index is 934. The van der Waals surface area contributed by atoms with Crippen LogP contribution in [0.15, 0.2) is 47.8 Å². The van der Waals surface area contributed by atoms with Gasteiger partial charge in [-0.15, -0.1) is 11.3 Å². The molecule has 4 nitrogen and oxygen atoms in total. The molecule has 0 spiro atoms. The number of hydrogen-bond acceptors (Lipinski definition) is 4. The predicted molar refractivity (Wildman–Crippen MR) is 112 cm³/mol. The summed E-state index contributed by atoms with van der Waals surface area (Å²) in [6, 6.07) is 13.5. The van der Waals surface area contributed by atoms with Gasteiger partial charge in [-0.2, -0.15) is 0 Å². The highest BCUT2D eigenvalue weighted by Crippen LogP contribution is 2.27. The van der Waals surface area contributed by atoms with Gasteiger partial charge in [-0.05, 0) is 55.7 Å². The maximum absolute atomic E-state index is 12.5. The highest BCUT2D eigenvalue weighted by atomic mass is 32.1. The van der Waals surface area contributed by atoms with Crippen LogP contribution in [-0.4, -0.2) is 17.5 Å². The largest absolute Gasteiger partial charge is 0.494 e. The van der Waals surface area contributed by atoms with Crippen molar-refractivity contribution in [3.8, 4) is 17.0 Å². The van der Waals surface area contributed by atoms with E-state index >= 15 is 0 Å². The SMILES string of the molecule is CCCCOc1cccc(C(=O)Nc2nc(-c3ccc(C)c(C)c3)cs2)c1. The lowest BCUT2D eigenvalue weighted by molar-refractivity contribution is 0.102. The van der Waals surface area contributed by atoms with E-state index < -0.39 is 0 Å². The predicted octanol–water partition coefficient (Wildman–Crippen LogP) is 5.86. The van der Waals surface area contributed by atoms with Gasteiger partial charge in [-0.1, -0.05) is 31.5 Å². The van der Waals surface area contributed by atoms with Gasteiger partial charge in [0.15, 0.2) is 5.13 Å². The van der Waals surface area contributed by atoms with Crippen LogP contribution in [0.3, 0.4) is 0 Å². The minimum absolute atomic E-state index is 0.183. The maximum Gasteiger partial charge on any atom is 0.257 e. The van der Waals surface area contributed by atoms with Crippen molar-refractivity contribution in [1.29, 1.82) is 0 Å². The molecule has 0 aliphatic rings. The first-order chi connectivity index (χ1) is 13.1. The van der Waals surface area contributed by atoms with Crippen LogP contribution < -0.4 is 10.1 Å². The van der Waals surface area contributed by atoms with Gasteiger partial charge in [0.05, 0.1) is 12.3 Å². The topological polar surface area (TPSA) is 51.2 Å². The second-order valence-electron chi connectivity index (χ2n) is 6.52. The van der Waals surface area contributed by atoms with Crippen LogP contribution in [-0.2, 0) is 0 Å². The summed E-state index contributed by atoms with van der Waals surface area (Å²) >= 11 is 1.42. The number of ether oxygens (including phenoxy) is 1. The fourth-order valence-corrected chi connectivity index (χ4v) is 3.31. The van der Waals surface area contributed by atoms with Crippen LogP contribution in [0.25, 0.3) is 11.3 Å². The van der Waals surface area contributed by atoms with Crippen LogP contribution in [0, 0.1) is 13.8 Å². The highest BCUT2D eigenvalue weighted by Gasteiger charge is 2.11. The van der Waals surface area contributed by atoms with Gasteiger partial charge < -0.3 is 4.74 Å². The first kappa shape index (κ1) is 19.1. The Kier molecular flexibility index (Phi) is 6.24. The standard InChI is InChI=1S/C22H24N2O2S/c1-4-5-11-26-19-8-6-7-18(13-19)21(25)24-22-23-20(14-27-22)17-10-9-15(2)16(3)12-17/h6-10,12-14H,4-5,11H2,1-3H3,(H,23,24,25).